The summed E-state index contributed by atoms with van der Waals surface area (Å²) in [7, 11) is 0. The van der Waals surface area contributed by atoms with Crippen LogP contribution in [0.3, 0.4) is 0 Å². The average molecular weight is 912 g/mol. The normalized spacial score (nSPS) is 19.7. The number of carboxylic acid groups (broad SMARTS) is 4. The maximum absolute atomic E-state index is 14.9. The third kappa shape index (κ3) is 10.1. The lowest BCUT2D eigenvalue weighted by Crippen LogP contribution is -2.56. The second kappa shape index (κ2) is 19.3. The van der Waals surface area contributed by atoms with E-state index in [1.54, 1.807) is 13.0 Å². The number of nitrogen functional groups attached to an aromatic ring is 1. The first-order valence-corrected chi connectivity index (χ1v) is 21.5. The van der Waals surface area contributed by atoms with Gasteiger partial charge < -0.3 is 46.5 Å². The zero-order chi connectivity index (χ0) is 44.8. The molecule has 0 saturated carbocycles. The number of aliphatic carboxylic acids is 2. The Hall–Kier alpha value is -6.73. The Balaban J connectivity index is 1.38. The molecule has 2 amide bonds. The van der Waals surface area contributed by atoms with Crippen molar-refractivity contribution in [2.75, 3.05) is 23.0 Å². The van der Waals surface area contributed by atoms with Gasteiger partial charge in [-0.15, -0.1) is 28.2 Å². The number of anilines is 1. The first-order chi connectivity index (χ1) is 29.5. The third-order valence-electron chi connectivity index (χ3n) is 9.42. The Kier molecular flexibility index (Phi) is 14.0. The number of carbonyl (C=O) groups is 6. The van der Waals surface area contributed by atoms with E-state index in [0.29, 0.717) is 36.4 Å². The van der Waals surface area contributed by atoms with Crippen molar-refractivity contribution < 1.29 is 64.2 Å². The van der Waals surface area contributed by atoms with Crippen LogP contribution in [0, 0.1) is 6.92 Å². The highest BCUT2D eigenvalue weighted by molar-refractivity contribution is 8.00. The maximum atomic E-state index is 14.9. The van der Waals surface area contributed by atoms with E-state index in [1.165, 1.54) is 16.0 Å². The highest BCUT2D eigenvalue weighted by Gasteiger charge is 2.42. The summed E-state index contributed by atoms with van der Waals surface area (Å²) < 4.78 is 1.20. The van der Waals surface area contributed by atoms with Crippen LogP contribution in [-0.2, 0) is 30.6 Å². The van der Waals surface area contributed by atoms with E-state index in [0.717, 1.165) is 51.9 Å². The number of benzene rings is 1. The van der Waals surface area contributed by atoms with Gasteiger partial charge in [0, 0.05) is 33.9 Å². The Labute approximate surface area is 362 Å². The van der Waals surface area contributed by atoms with E-state index >= 15 is 0 Å². The molecule has 2 aliphatic rings. The summed E-state index contributed by atoms with van der Waals surface area (Å²) in [4.78, 5) is 97.3. The van der Waals surface area contributed by atoms with Gasteiger partial charge in [0.25, 0.3) is 23.4 Å². The predicted octanol–water partition coefficient (Wildman–Crippen LogP) is 2.73. The number of hydrogen-bond donors (Lipinski definition) is 8. The molecule has 3 aromatic heterocycles. The SMILES string of the molecule is Cc1cc(SC/C2=C(\C(=O)O)N(C3CCCCC/C=C\3C(=O)O)C(=O)[C@@H](NC(=O)/C(=N\OCc3cc(O)c(O)cc3C(=O)O)c3csc(N)n3)CSC2)n2nc(C(=O)O)nc2n1. The van der Waals surface area contributed by atoms with Crippen molar-refractivity contribution in [2.24, 2.45) is 5.16 Å². The van der Waals surface area contributed by atoms with Gasteiger partial charge in [0.05, 0.1) is 17.2 Å². The van der Waals surface area contributed by atoms with Crippen molar-refractivity contribution in [3.8, 4) is 11.5 Å². The lowest BCUT2D eigenvalue weighted by atomic mass is 9.92. The standard InChI is InChI=1S/C37H37N9O13S3/c1-16-8-26(46-37(39-16)42-29(43-46)35(57)58)61-13-18-12-60-14-22(31(50)45(28(18)34(55)56)23-7-5-3-2-4-6-19(23)32(51)52)40-30(49)27(21-15-62-36(38)41-21)44-59-11-17-9-24(47)25(48)10-20(17)33(53)54/h6,8-10,15,22-23,47-48H,2-5,7,11-14H2,1H3,(H2,38,41)(H,40,49)(H,51,52)(H,53,54)(H,55,56)(H,57,58)/b19-6+,28-18+,44-27-/t22-,23?/m0/s1. The number of nitrogens with two attached hydrogens (primary N) is 1. The number of rotatable bonds is 14. The highest BCUT2D eigenvalue weighted by Crippen LogP contribution is 2.34. The highest BCUT2D eigenvalue weighted by atomic mass is 32.2. The van der Waals surface area contributed by atoms with E-state index < -0.39 is 88.7 Å². The first-order valence-electron chi connectivity index (χ1n) is 18.4. The molecule has 0 radical (unpaired) electrons. The number of nitrogens with zero attached hydrogens (tertiary/aromatic N) is 7. The van der Waals surface area contributed by atoms with Crippen molar-refractivity contribution in [2.45, 2.75) is 62.7 Å². The maximum Gasteiger partial charge on any atom is 0.375 e. The number of oxime groups is 1. The van der Waals surface area contributed by atoms with Gasteiger partial charge in [0.2, 0.25) is 0 Å². The molecule has 4 heterocycles. The second-order valence-corrected chi connectivity index (χ2v) is 16.6. The number of phenols is 2. The molecule has 0 fully saturated rings. The van der Waals surface area contributed by atoms with Crippen LogP contribution in [0.1, 0.15) is 70.0 Å². The number of fused-ring (bicyclic) bond motifs is 1. The number of aromatic nitrogens is 5. The fraction of sp³-hybridized carbons (Fsp3) is 0.324. The van der Waals surface area contributed by atoms with Gasteiger partial charge in [-0.25, -0.2) is 29.1 Å². The Bertz CT molecular complexity index is 2570. The van der Waals surface area contributed by atoms with Crippen molar-refractivity contribution >= 4 is 87.2 Å². The van der Waals surface area contributed by atoms with Crippen molar-refractivity contribution in [3.05, 3.63) is 74.8 Å². The van der Waals surface area contributed by atoms with Gasteiger partial charge in [-0.05, 0) is 50.0 Å². The van der Waals surface area contributed by atoms with Gasteiger partial charge in [0.15, 0.2) is 22.3 Å². The summed E-state index contributed by atoms with van der Waals surface area (Å²) in [5, 5.41) is 72.4. The Morgan fingerprint density at radius 1 is 0.984 bits per heavy atom. The number of aromatic carboxylic acids is 2. The molecule has 2 atom stereocenters. The minimum absolute atomic E-state index is 0.0103. The summed E-state index contributed by atoms with van der Waals surface area (Å²) in [6.07, 6.45) is 3.66. The van der Waals surface area contributed by atoms with Crippen LogP contribution < -0.4 is 11.1 Å². The molecule has 1 aromatic carbocycles. The smallest absolute Gasteiger partial charge is 0.375 e. The number of allylic oxidation sites excluding steroid dienone is 1. The van der Waals surface area contributed by atoms with Gasteiger partial charge in [-0.3, -0.25) is 14.5 Å². The van der Waals surface area contributed by atoms with E-state index in [2.05, 4.69) is 30.5 Å². The van der Waals surface area contributed by atoms with E-state index in [4.69, 9.17) is 10.6 Å². The number of thiazole rings is 1. The molecule has 22 nitrogen and oxygen atoms in total. The molecule has 1 unspecified atom stereocenters. The van der Waals surface area contributed by atoms with Crippen molar-refractivity contribution in [1.82, 2.24) is 34.8 Å². The molecule has 9 N–H and O–H groups in total. The van der Waals surface area contributed by atoms with Crippen LogP contribution >= 0.6 is 34.9 Å². The third-order valence-corrected chi connectivity index (χ3v) is 12.3. The average Bonchev–Trinajstić information content (AvgIpc) is 3.83. The second-order valence-electron chi connectivity index (χ2n) is 13.7. The molecular weight excluding hydrogens is 875 g/mol. The van der Waals surface area contributed by atoms with Crippen LogP contribution in [0.5, 0.6) is 11.5 Å². The van der Waals surface area contributed by atoms with E-state index in [-0.39, 0.29) is 57.0 Å². The number of thioether (sulfide) groups is 2. The van der Waals surface area contributed by atoms with Crippen LogP contribution in [-0.4, -0.2) is 131 Å². The summed E-state index contributed by atoms with van der Waals surface area (Å²) in [6, 6.07) is 0.568. The lowest BCUT2D eigenvalue weighted by molar-refractivity contribution is -0.143. The quantitative estimate of drug-likeness (QED) is 0.0296. The Morgan fingerprint density at radius 2 is 1.74 bits per heavy atom. The fourth-order valence-electron chi connectivity index (χ4n) is 6.61. The van der Waals surface area contributed by atoms with Gasteiger partial charge in [0.1, 0.15) is 29.1 Å². The van der Waals surface area contributed by atoms with Gasteiger partial charge in [-0.2, -0.15) is 21.3 Å². The van der Waals surface area contributed by atoms with Gasteiger partial charge in [-0.1, -0.05) is 24.1 Å². The molecule has 0 bridgehead atoms. The molecule has 62 heavy (non-hydrogen) atoms. The minimum atomic E-state index is -1.55. The zero-order valence-corrected chi connectivity index (χ0v) is 34.8. The molecule has 1 aliphatic carbocycles. The number of aromatic hydroxyl groups is 2. The molecule has 1 aliphatic heterocycles. The van der Waals surface area contributed by atoms with Crippen LogP contribution in [0.2, 0.25) is 0 Å². The summed E-state index contributed by atoms with van der Waals surface area (Å²) in [5.74, 6) is -9.88. The van der Waals surface area contributed by atoms with Crippen molar-refractivity contribution in [3.63, 3.8) is 0 Å². The number of amides is 2. The van der Waals surface area contributed by atoms with Crippen molar-refractivity contribution in [1.29, 1.82) is 0 Å². The molecule has 0 spiro atoms. The zero-order valence-electron chi connectivity index (χ0n) is 32.4. The molecular formula is C37H37N9O13S3. The molecule has 0 saturated heterocycles. The van der Waals surface area contributed by atoms with Crippen LogP contribution in [0.15, 0.2) is 56.7 Å². The first kappa shape index (κ1) is 44.8. The monoisotopic (exact) mass is 911 g/mol. The fourth-order valence-corrected chi connectivity index (χ4v) is 9.41. The number of aryl methyl sites for hydroxylation is 1. The summed E-state index contributed by atoms with van der Waals surface area (Å²) in [6.45, 7) is 1.03. The summed E-state index contributed by atoms with van der Waals surface area (Å²) in [5.41, 5.74) is 4.62. The van der Waals surface area contributed by atoms with E-state index in [9.17, 15) is 59.4 Å². The molecule has 25 heteroatoms. The summed E-state index contributed by atoms with van der Waals surface area (Å²) >= 11 is 3.11. The minimum Gasteiger partial charge on any atom is -0.504 e. The number of nitrogens with one attached hydrogen (secondary N) is 1. The number of phenolic OH excluding ortho intramolecular Hbond substituents is 2. The van der Waals surface area contributed by atoms with Crippen LogP contribution in [0.4, 0.5) is 5.13 Å². The van der Waals surface area contributed by atoms with Crippen LogP contribution in [0.25, 0.3) is 5.78 Å². The lowest BCUT2D eigenvalue weighted by Gasteiger charge is -2.38. The molecule has 326 valence electrons. The molecule has 4 aromatic rings. The number of carboxylic acids is 4. The largest absolute Gasteiger partial charge is 0.504 e. The number of hydrogen-bond acceptors (Lipinski definition) is 18. The van der Waals surface area contributed by atoms with Gasteiger partial charge >= 0.3 is 23.9 Å². The Morgan fingerprint density at radius 3 is 2.42 bits per heavy atom. The van der Waals surface area contributed by atoms with E-state index in [1.807, 2.05) is 0 Å². The predicted molar refractivity (Wildman–Crippen MR) is 221 cm³/mol. The molecule has 6 rings (SSSR count). The number of carbonyl (C=O) groups excluding carboxylic acids is 2. The topological polar surface area (TPSA) is 343 Å².